The molecule has 1 unspecified atom stereocenters. The molecule has 0 bridgehead atoms. The second kappa shape index (κ2) is 10.9. The van der Waals surface area contributed by atoms with Crippen LogP contribution >= 0.6 is 0 Å². The fraction of sp³-hybridized carbons (Fsp3) is 0.364. The molecule has 1 aliphatic heterocycles. The van der Waals surface area contributed by atoms with Gasteiger partial charge in [0.1, 0.15) is 12.7 Å². The summed E-state index contributed by atoms with van der Waals surface area (Å²) in [7, 11) is 0. The Balaban J connectivity index is 1.60. The van der Waals surface area contributed by atoms with Crippen LogP contribution in [0.2, 0.25) is 0 Å². The van der Waals surface area contributed by atoms with Crippen LogP contribution in [0.3, 0.4) is 0 Å². The van der Waals surface area contributed by atoms with Crippen LogP contribution in [0.15, 0.2) is 12.1 Å². The SMILES string of the molecule is CCC(=O)c1cc(F)c(OCC2CN(C(=O)COc3c(F)c(F)c(F)c(F)c3F)CCO2)c(F)c1. The maximum Gasteiger partial charge on any atom is 0.260 e. The van der Waals surface area contributed by atoms with E-state index in [1.54, 1.807) is 0 Å². The summed E-state index contributed by atoms with van der Waals surface area (Å²) in [6.07, 6.45) is -0.829. The first kappa shape index (κ1) is 26.3. The van der Waals surface area contributed by atoms with Gasteiger partial charge in [-0.2, -0.15) is 8.78 Å². The van der Waals surface area contributed by atoms with Gasteiger partial charge in [0.2, 0.25) is 29.1 Å². The van der Waals surface area contributed by atoms with Crippen molar-refractivity contribution in [2.45, 2.75) is 19.4 Å². The minimum Gasteiger partial charge on any atom is -0.485 e. The van der Waals surface area contributed by atoms with Gasteiger partial charge in [0.05, 0.1) is 13.2 Å². The van der Waals surface area contributed by atoms with Gasteiger partial charge in [0.25, 0.3) is 5.91 Å². The second-order valence-electron chi connectivity index (χ2n) is 7.38. The van der Waals surface area contributed by atoms with Crippen molar-refractivity contribution in [2.24, 2.45) is 0 Å². The summed E-state index contributed by atoms with van der Waals surface area (Å²) in [5.41, 5.74) is -0.158. The molecular formula is C22H18F7NO5. The molecule has 2 aromatic carbocycles. The lowest BCUT2D eigenvalue weighted by Gasteiger charge is -2.32. The van der Waals surface area contributed by atoms with E-state index in [2.05, 4.69) is 4.74 Å². The number of halogens is 7. The van der Waals surface area contributed by atoms with Gasteiger partial charge in [-0.05, 0) is 12.1 Å². The van der Waals surface area contributed by atoms with E-state index in [1.165, 1.54) is 6.92 Å². The van der Waals surface area contributed by atoms with Crippen LogP contribution in [0.5, 0.6) is 11.5 Å². The summed E-state index contributed by atoms with van der Waals surface area (Å²) in [5, 5.41) is 0. The number of benzene rings is 2. The molecule has 1 aliphatic rings. The first-order valence-corrected chi connectivity index (χ1v) is 10.2. The van der Waals surface area contributed by atoms with E-state index in [0.29, 0.717) is 0 Å². The topological polar surface area (TPSA) is 65.1 Å². The van der Waals surface area contributed by atoms with Crippen LogP contribution in [0, 0.1) is 40.7 Å². The van der Waals surface area contributed by atoms with E-state index >= 15 is 0 Å². The summed E-state index contributed by atoms with van der Waals surface area (Å²) in [4.78, 5) is 25.1. The lowest BCUT2D eigenvalue weighted by molar-refractivity contribution is -0.142. The summed E-state index contributed by atoms with van der Waals surface area (Å²) in [6.45, 7) is -0.165. The highest BCUT2D eigenvalue weighted by Crippen LogP contribution is 2.29. The fourth-order valence-corrected chi connectivity index (χ4v) is 3.22. The molecule has 3 rings (SSSR count). The summed E-state index contributed by atoms with van der Waals surface area (Å²) < 4.78 is 110. The smallest absolute Gasteiger partial charge is 0.260 e. The van der Waals surface area contributed by atoms with Gasteiger partial charge in [-0.15, -0.1) is 0 Å². The first-order chi connectivity index (χ1) is 16.5. The van der Waals surface area contributed by atoms with Crippen molar-refractivity contribution >= 4 is 11.7 Å². The quantitative estimate of drug-likeness (QED) is 0.234. The largest absolute Gasteiger partial charge is 0.485 e. The minimum atomic E-state index is -2.37. The Morgan fingerprint density at radius 2 is 1.49 bits per heavy atom. The molecule has 0 radical (unpaired) electrons. The highest BCUT2D eigenvalue weighted by atomic mass is 19.2. The summed E-state index contributed by atoms with van der Waals surface area (Å²) in [6, 6.07) is 1.66. The zero-order valence-electron chi connectivity index (χ0n) is 18.1. The highest BCUT2D eigenvalue weighted by molar-refractivity contribution is 5.96. The number of carbonyl (C=O) groups excluding carboxylic acids is 2. The standard InChI is InChI=1S/C22H18F7NO5/c1-2-14(31)10-5-12(23)21(13(24)6-10)34-8-11-7-30(3-4-33-11)15(32)9-35-22-19(28)17(26)16(25)18(27)20(22)29/h5-6,11H,2-4,7-9H2,1H3. The molecule has 1 atom stereocenters. The maximum absolute atomic E-state index is 14.2. The van der Waals surface area contributed by atoms with Crippen molar-refractivity contribution in [1.82, 2.24) is 4.90 Å². The molecule has 0 aliphatic carbocycles. The number of amides is 1. The van der Waals surface area contributed by atoms with Crippen molar-refractivity contribution < 1.29 is 54.5 Å². The van der Waals surface area contributed by atoms with E-state index in [1.807, 2.05) is 0 Å². The number of nitrogens with zero attached hydrogens (tertiary/aromatic N) is 1. The molecule has 0 saturated carbocycles. The molecule has 1 heterocycles. The highest BCUT2D eigenvalue weighted by Gasteiger charge is 2.30. The summed E-state index contributed by atoms with van der Waals surface area (Å²) in [5.74, 6) is -17.2. The number of hydrogen-bond acceptors (Lipinski definition) is 5. The number of morpholine rings is 1. The van der Waals surface area contributed by atoms with Gasteiger partial charge in [0.15, 0.2) is 35.5 Å². The van der Waals surface area contributed by atoms with Crippen molar-refractivity contribution in [3.8, 4) is 11.5 Å². The van der Waals surface area contributed by atoms with Gasteiger partial charge < -0.3 is 19.1 Å². The maximum atomic E-state index is 14.2. The van der Waals surface area contributed by atoms with E-state index < -0.39 is 83.2 Å². The number of carbonyl (C=O) groups is 2. The molecule has 0 aromatic heterocycles. The fourth-order valence-electron chi connectivity index (χ4n) is 3.22. The monoisotopic (exact) mass is 509 g/mol. The Labute approximate surface area is 194 Å². The molecule has 13 heteroatoms. The van der Waals surface area contributed by atoms with Crippen LogP contribution in [0.4, 0.5) is 30.7 Å². The average molecular weight is 509 g/mol. The Bertz CT molecular complexity index is 1090. The van der Waals surface area contributed by atoms with Crippen LogP contribution in [0.1, 0.15) is 23.7 Å². The molecule has 190 valence electrons. The van der Waals surface area contributed by atoms with Gasteiger partial charge in [0, 0.05) is 18.5 Å². The molecule has 0 N–H and O–H groups in total. The van der Waals surface area contributed by atoms with Crippen molar-refractivity contribution in [2.75, 3.05) is 32.9 Å². The minimum absolute atomic E-state index is 0.00759. The van der Waals surface area contributed by atoms with E-state index in [0.717, 1.165) is 17.0 Å². The third-order valence-corrected chi connectivity index (χ3v) is 5.06. The van der Waals surface area contributed by atoms with Gasteiger partial charge >= 0.3 is 0 Å². The Morgan fingerprint density at radius 3 is 2.06 bits per heavy atom. The molecular weight excluding hydrogens is 491 g/mol. The Kier molecular flexibility index (Phi) is 8.20. The number of hydrogen-bond donors (Lipinski definition) is 0. The molecule has 1 saturated heterocycles. The summed E-state index contributed by atoms with van der Waals surface area (Å²) >= 11 is 0. The lowest BCUT2D eigenvalue weighted by atomic mass is 10.1. The van der Waals surface area contributed by atoms with Gasteiger partial charge in [-0.3, -0.25) is 9.59 Å². The molecule has 2 aromatic rings. The molecule has 1 amide bonds. The van der Waals surface area contributed by atoms with Crippen LogP contribution < -0.4 is 9.47 Å². The number of ether oxygens (including phenoxy) is 3. The normalized spacial score (nSPS) is 15.8. The zero-order valence-corrected chi connectivity index (χ0v) is 18.1. The average Bonchev–Trinajstić information content (AvgIpc) is 2.85. The van der Waals surface area contributed by atoms with E-state index in [-0.39, 0.29) is 31.7 Å². The second-order valence-corrected chi connectivity index (χ2v) is 7.38. The zero-order chi connectivity index (χ0) is 25.9. The third kappa shape index (κ3) is 5.66. The van der Waals surface area contributed by atoms with Crippen molar-refractivity contribution in [3.63, 3.8) is 0 Å². The van der Waals surface area contributed by atoms with Gasteiger partial charge in [-0.1, -0.05) is 6.92 Å². The predicted molar refractivity (Wildman–Crippen MR) is 105 cm³/mol. The van der Waals surface area contributed by atoms with Gasteiger partial charge in [-0.25, -0.2) is 22.0 Å². The number of ketones is 1. The Morgan fingerprint density at radius 1 is 0.914 bits per heavy atom. The number of rotatable bonds is 8. The predicted octanol–water partition coefficient (Wildman–Crippen LogP) is 3.94. The Hall–Kier alpha value is -3.35. The third-order valence-electron chi connectivity index (χ3n) is 5.06. The van der Waals surface area contributed by atoms with Crippen LogP contribution in [0.25, 0.3) is 0 Å². The van der Waals surface area contributed by atoms with Crippen molar-refractivity contribution in [1.29, 1.82) is 0 Å². The molecule has 6 nitrogen and oxygen atoms in total. The molecule has 1 fully saturated rings. The van der Waals surface area contributed by atoms with E-state index in [4.69, 9.17) is 9.47 Å². The lowest BCUT2D eigenvalue weighted by Crippen LogP contribution is -2.49. The van der Waals surface area contributed by atoms with Crippen LogP contribution in [-0.2, 0) is 9.53 Å². The number of Topliss-reactive ketones (excluding diaryl/α,β-unsaturated/α-hetero) is 1. The van der Waals surface area contributed by atoms with Crippen molar-refractivity contribution in [3.05, 3.63) is 58.4 Å². The molecule has 0 spiro atoms. The first-order valence-electron chi connectivity index (χ1n) is 10.2. The van der Waals surface area contributed by atoms with E-state index in [9.17, 15) is 40.3 Å². The molecule has 35 heavy (non-hydrogen) atoms. The van der Waals surface area contributed by atoms with Crippen LogP contribution in [-0.4, -0.2) is 55.6 Å².